The molecule has 0 bridgehead atoms. The quantitative estimate of drug-likeness (QED) is 0.157. The molecule has 3 amide bonds. The normalized spacial score (nSPS) is 23.5. The first-order chi connectivity index (χ1) is 13.8. The highest BCUT2D eigenvalue weighted by Crippen LogP contribution is 2.35. The summed E-state index contributed by atoms with van der Waals surface area (Å²) >= 11 is 0. The van der Waals surface area contributed by atoms with Crippen molar-refractivity contribution in [1.29, 1.82) is 0 Å². The van der Waals surface area contributed by atoms with Gasteiger partial charge in [0.2, 0.25) is 12.3 Å². The number of aliphatic hydroxyl groups is 1. The van der Waals surface area contributed by atoms with E-state index in [0.29, 0.717) is 5.92 Å². The second-order valence-electron chi connectivity index (χ2n) is 7.99. The Morgan fingerprint density at radius 2 is 1.62 bits per heavy atom. The minimum Gasteiger partial charge on any atom is -0.494 e. The van der Waals surface area contributed by atoms with Crippen LogP contribution in [0.1, 0.15) is 64.7 Å². The van der Waals surface area contributed by atoms with E-state index < -0.39 is 35.8 Å². The molecule has 0 aliphatic heterocycles. The second kappa shape index (κ2) is 10.8. The van der Waals surface area contributed by atoms with Crippen LogP contribution in [0.3, 0.4) is 0 Å². The number of rotatable bonds is 8. The van der Waals surface area contributed by atoms with E-state index in [4.69, 9.17) is 5.11 Å². The van der Waals surface area contributed by atoms with Gasteiger partial charge < -0.3 is 20.4 Å². The molecule has 2 saturated carbocycles. The van der Waals surface area contributed by atoms with Crippen molar-refractivity contribution in [3.05, 3.63) is 11.5 Å². The summed E-state index contributed by atoms with van der Waals surface area (Å²) in [6.45, 7) is 1.44. The predicted octanol–water partition coefficient (Wildman–Crippen LogP) is 1.44. The highest BCUT2D eigenvalue weighted by molar-refractivity contribution is 6.20. The maximum absolute atomic E-state index is 12.5. The molecule has 2 aliphatic carbocycles. The van der Waals surface area contributed by atoms with Crippen LogP contribution in [0.5, 0.6) is 0 Å². The number of carbonyl (C=O) groups is 4. The average Bonchev–Trinajstić information content (AvgIpc) is 2.68. The molecule has 9 nitrogen and oxygen atoms in total. The molecule has 9 heteroatoms. The van der Waals surface area contributed by atoms with Crippen LogP contribution < -0.4 is 10.6 Å². The largest absolute Gasteiger partial charge is 0.494 e. The standard InChI is InChI=1S/C20H31N3O6/c1-13-6-5-9-15(10-13)23(14-7-3-2-4-8-14)20(29)17(19(28)22-12-24)18(27)21-11-16(25)26/h12-15,29H,2-11H2,1H3,(H,21,27)(H,25,26)(H,22,24,28). The summed E-state index contributed by atoms with van der Waals surface area (Å²) in [4.78, 5) is 48.3. The Balaban J connectivity index is 2.43. The summed E-state index contributed by atoms with van der Waals surface area (Å²) in [6.07, 6.45) is 8.67. The van der Waals surface area contributed by atoms with Gasteiger partial charge >= 0.3 is 5.97 Å². The van der Waals surface area contributed by atoms with E-state index in [2.05, 4.69) is 12.2 Å². The summed E-state index contributed by atoms with van der Waals surface area (Å²) < 4.78 is 0. The van der Waals surface area contributed by atoms with Crippen LogP contribution >= 0.6 is 0 Å². The van der Waals surface area contributed by atoms with E-state index in [1.807, 2.05) is 5.32 Å². The van der Waals surface area contributed by atoms with Crippen LogP contribution in [-0.2, 0) is 19.2 Å². The third kappa shape index (κ3) is 6.20. The molecule has 2 aliphatic rings. The van der Waals surface area contributed by atoms with Crippen molar-refractivity contribution in [1.82, 2.24) is 15.5 Å². The van der Waals surface area contributed by atoms with Gasteiger partial charge in [-0.15, -0.1) is 0 Å². The number of aliphatic carboxylic acids is 1. The molecule has 0 aromatic heterocycles. The number of carboxylic acids is 1. The number of aliphatic hydroxyl groups excluding tert-OH is 1. The Morgan fingerprint density at radius 3 is 2.21 bits per heavy atom. The van der Waals surface area contributed by atoms with Crippen LogP contribution in [0.2, 0.25) is 0 Å². The van der Waals surface area contributed by atoms with Gasteiger partial charge in [0.1, 0.15) is 6.54 Å². The van der Waals surface area contributed by atoms with Gasteiger partial charge in [-0.1, -0.05) is 39.0 Å². The van der Waals surface area contributed by atoms with Gasteiger partial charge in [0.15, 0.2) is 5.57 Å². The molecule has 2 unspecified atom stereocenters. The zero-order valence-electron chi connectivity index (χ0n) is 16.9. The zero-order chi connectivity index (χ0) is 21.4. The molecular weight excluding hydrogens is 378 g/mol. The van der Waals surface area contributed by atoms with Gasteiger partial charge in [-0.2, -0.15) is 0 Å². The van der Waals surface area contributed by atoms with E-state index in [1.54, 1.807) is 4.90 Å². The molecule has 2 rings (SSSR count). The first-order valence-corrected chi connectivity index (χ1v) is 10.3. The third-order valence-electron chi connectivity index (χ3n) is 5.78. The minimum atomic E-state index is -1.28. The summed E-state index contributed by atoms with van der Waals surface area (Å²) in [5, 5.41) is 23.9. The van der Waals surface area contributed by atoms with Crippen molar-refractivity contribution in [2.45, 2.75) is 76.8 Å². The molecule has 0 saturated heterocycles. The van der Waals surface area contributed by atoms with Crippen molar-refractivity contribution in [3.63, 3.8) is 0 Å². The summed E-state index contributed by atoms with van der Waals surface area (Å²) in [5.41, 5.74) is -0.623. The SMILES string of the molecule is CC1CCCC(N(C(O)=C(C(=O)NC=O)C(=O)NCC(=O)O)C2CCCCC2)C1. The maximum Gasteiger partial charge on any atom is 0.322 e. The monoisotopic (exact) mass is 409 g/mol. The number of nitrogens with one attached hydrogen (secondary N) is 2. The summed E-state index contributed by atoms with van der Waals surface area (Å²) in [7, 11) is 0. The number of carbonyl (C=O) groups excluding carboxylic acids is 3. The number of imide groups is 1. The first-order valence-electron chi connectivity index (χ1n) is 10.3. The van der Waals surface area contributed by atoms with Gasteiger partial charge in [0, 0.05) is 12.1 Å². The highest BCUT2D eigenvalue weighted by Gasteiger charge is 2.36. The van der Waals surface area contributed by atoms with Crippen molar-refractivity contribution < 1.29 is 29.4 Å². The van der Waals surface area contributed by atoms with Crippen LogP contribution in [0.4, 0.5) is 0 Å². The molecule has 162 valence electrons. The van der Waals surface area contributed by atoms with E-state index in [-0.39, 0.29) is 18.5 Å². The van der Waals surface area contributed by atoms with Gasteiger partial charge in [-0.05, 0) is 31.6 Å². The highest BCUT2D eigenvalue weighted by atomic mass is 16.4. The van der Waals surface area contributed by atoms with Gasteiger partial charge in [-0.3, -0.25) is 24.5 Å². The molecule has 2 atom stereocenters. The van der Waals surface area contributed by atoms with E-state index >= 15 is 0 Å². The fourth-order valence-electron chi connectivity index (χ4n) is 4.46. The van der Waals surface area contributed by atoms with E-state index in [0.717, 1.165) is 57.8 Å². The smallest absolute Gasteiger partial charge is 0.322 e. The van der Waals surface area contributed by atoms with Gasteiger partial charge in [0.05, 0.1) is 0 Å². The Labute approximate surface area is 170 Å². The number of hydrogen-bond donors (Lipinski definition) is 4. The zero-order valence-corrected chi connectivity index (χ0v) is 16.9. The lowest BCUT2D eigenvalue weighted by molar-refractivity contribution is -0.138. The number of carboxylic acid groups (broad SMARTS) is 1. The molecule has 0 heterocycles. The summed E-state index contributed by atoms with van der Waals surface area (Å²) in [5.74, 6) is -3.36. The van der Waals surface area contributed by atoms with Crippen LogP contribution in [0.15, 0.2) is 11.5 Å². The van der Waals surface area contributed by atoms with Crippen LogP contribution in [-0.4, -0.2) is 57.9 Å². The lowest BCUT2D eigenvalue weighted by Gasteiger charge is -2.44. The summed E-state index contributed by atoms with van der Waals surface area (Å²) in [6, 6.07) is -0.0292. The number of amides is 3. The second-order valence-corrected chi connectivity index (χ2v) is 7.99. The third-order valence-corrected chi connectivity index (χ3v) is 5.78. The number of hydrogen-bond acceptors (Lipinski definition) is 6. The maximum atomic E-state index is 12.5. The molecule has 0 radical (unpaired) electrons. The van der Waals surface area contributed by atoms with E-state index in [9.17, 15) is 24.3 Å². The Bertz CT molecular complexity index is 657. The lowest BCUT2D eigenvalue weighted by Crippen LogP contribution is -2.48. The Morgan fingerprint density at radius 1 is 0.966 bits per heavy atom. The Hall–Kier alpha value is -2.58. The molecule has 0 aromatic carbocycles. The fourth-order valence-corrected chi connectivity index (χ4v) is 4.46. The molecule has 0 spiro atoms. The van der Waals surface area contributed by atoms with Crippen molar-refractivity contribution in [2.75, 3.05) is 6.54 Å². The number of nitrogens with zero attached hydrogens (tertiary/aromatic N) is 1. The van der Waals surface area contributed by atoms with Gasteiger partial charge in [0.25, 0.3) is 11.8 Å². The Kier molecular flexibility index (Phi) is 8.48. The predicted molar refractivity (Wildman–Crippen MR) is 105 cm³/mol. The molecule has 4 N–H and O–H groups in total. The average molecular weight is 409 g/mol. The molecule has 2 fully saturated rings. The van der Waals surface area contributed by atoms with E-state index in [1.165, 1.54) is 0 Å². The van der Waals surface area contributed by atoms with Crippen molar-refractivity contribution in [2.24, 2.45) is 5.92 Å². The minimum absolute atomic E-state index is 0.00893. The molecule has 0 aromatic rings. The van der Waals surface area contributed by atoms with Crippen molar-refractivity contribution >= 4 is 24.2 Å². The first kappa shape index (κ1) is 22.7. The van der Waals surface area contributed by atoms with Crippen LogP contribution in [0.25, 0.3) is 0 Å². The topological polar surface area (TPSA) is 136 Å². The van der Waals surface area contributed by atoms with Crippen LogP contribution in [0, 0.1) is 5.92 Å². The molecular formula is C20H31N3O6. The molecule has 29 heavy (non-hydrogen) atoms. The fraction of sp³-hybridized carbons (Fsp3) is 0.700. The lowest BCUT2D eigenvalue weighted by atomic mass is 9.84. The van der Waals surface area contributed by atoms with Gasteiger partial charge in [-0.25, -0.2) is 0 Å². The van der Waals surface area contributed by atoms with Crippen molar-refractivity contribution in [3.8, 4) is 0 Å².